The summed E-state index contributed by atoms with van der Waals surface area (Å²) >= 11 is 6.10. The topological polar surface area (TPSA) is 30.7 Å². The summed E-state index contributed by atoms with van der Waals surface area (Å²) < 4.78 is 2.16. The summed E-state index contributed by atoms with van der Waals surface area (Å²) in [6, 6.07) is 23.1. The van der Waals surface area contributed by atoms with Crippen LogP contribution in [0.25, 0.3) is 22.2 Å². The van der Waals surface area contributed by atoms with Crippen LogP contribution in [-0.4, -0.2) is 14.8 Å². The van der Waals surface area contributed by atoms with Crippen LogP contribution in [0.3, 0.4) is 0 Å². The van der Waals surface area contributed by atoms with Crippen molar-refractivity contribution in [3.63, 3.8) is 0 Å². The van der Waals surface area contributed by atoms with Gasteiger partial charge < -0.3 is 4.57 Å². The predicted octanol–water partition coefficient (Wildman–Crippen LogP) is 5.76. The summed E-state index contributed by atoms with van der Waals surface area (Å²) in [7, 11) is 2.08. The molecule has 1 saturated carbocycles. The van der Waals surface area contributed by atoms with Crippen molar-refractivity contribution in [1.29, 1.82) is 0 Å². The minimum atomic E-state index is -0.0541. The van der Waals surface area contributed by atoms with Gasteiger partial charge in [0, 0.05) is 17.6 Å². The minimum Gasteiger partial charge on any atom is -0.313 e. The Morgan fingerprint density at radius 1 is 0.889 bits per heavy atom. The van der Waals surface area contributed by atoms with Gasteiger partial charge in [0.1, 0.15) is 5.82 Å². The number of fused-ring (bicyclic) bond motifs is 1. The van der Waals surface area contributed by atoms with E-state index in [1.165, 1.54) is 22.8 Å². The van der Waals surface area contributed by atoms with Crippen molar-refractivity contribution < 1.29 is 0 Å². The molecule has 1 fully saturated rings. The first-order chi connectivity index (χ1) is 13.2. The van der Waals surface area contributed by atoms with E-state index in [0.29, 0.717) is 0 Å². The second-order valence-corrected chi connectivity index (χ2v) is 7.85. The molecule has 0 unspecified atom stereocenters. The summed E-state index contributed by atoms with van der Waals surface area (Å²) in [5.74, 6) is 1.95. The van der Waals surface area contributed by atoms with Crippen LogP contribution in [0, 0.1) is 0 Å². The van der Waals surface area contributed by atoms with E-state index in [1.54, 1.807) is 0 Å². The molecular weight excluding hydrogens is 354 g/mol. The van der Waals surface area contributed by atoms with Crippen molar-refractivity contribution in [3.8, 4) is 11.4 Å². The maximum absolute atomic E-state index is 6.10. The Balaban J connectivity index is 1.60. The maximum atomic E-state index is 6.10. The Morgan fingerprint density at radius 2 is 1.63 bits per heavy atom. The summed E-state index contributed by atoms with van der Waals surface area (Å²) in [5, 5.41) is 12.4. The van der Waals surface area contributed by atoms with Crippen LogP contribution in [0.2, 0.25) is 5.02 Å². The van der Waals surface area contributed by atoms with Crippen LogP contribution in [0.5, 0.6) is 0 Å². The van der Waals surface area contributed by atoms with Gasteiger partial charge in [0.05, 0.1) is 5.41 Å². The summed E-state index contributed by atoms with van der Waals surface area (Å²) in [6.45, 7) is 0. The highest BCUT2D eigenvalue weighted by atomic mass is 35.5. The molecule has 1 aliphatic rings. The molecule has 1 aromatic heterocycles. The number of hydrogen-bond acceptors (Lipinski definition) is 2. The van der Waals surface area contributed by atoms with E-state index in [4.69, 9.17) is 11.6 Å². The normalized spacial score (nSPS) is 15.6. The fraction of sp³-hybridized carbons (Fsp3) is 0.217. The summed E-state index contributed by atoms with van der Waals surface area (Å²) in [4.78, 5) is 0. The predicted molar refractivity (Wildman–Crippen MR) is 110 cm³/mol. The molecule has 0 radical (unpaired) electrons. The van der Waals surface area contributed by atoms with Crippen molar-refractivity contribution in [2.45, 2.75) is 24.7 Å². The first-order valence-corrected chi connectivity index (χ1v) is 9.70. The molecule has 4 aromatic rings. The highest BCUT2D eigenvalue weighted by Gasteiger charge is 2.44. The number of halogens is 1. The Hall–Kier alpha value is -2.65. The van der Waals surface area contributed by atoms with E-state index in [1.807, 2.05) is 12.1 Å². The Labute approximate surface area is 163 Å². The standard InChI is InChI=1S/C23H20ClN3/c1-27-21(18-8-7-16-5-2-3-6-17(16)15-18)25-26-22(27)23(13-4-14-23)19-9-11-20(24)12-10-19/h2-3,5-12,15H,4,13-14H2,1H3. The van der Waals surface area contributed by atoms with E-state index >= 15 is 0 Å². The van der Waals surface area contributed by atoms with Crippen molar-refractivity contribution in [3.05, 3.63) is 83.1 Å². The lowest BCUT2D eigenvalue weighted by Crippen LogP contribution is -2.38. The van der Waals surface area contributed by atoms with Gasteiger partial charge >= 0.3 is 0 Å². The van der Waals surface area contributed by atoms with Gasteiger partial charge in [-0.1, -0.05) is 66.6 Å². The average Bonchev–Trinajstić information content (AvgIpc) is 3.04. The van der Waals surface area contributed by atoms with Crippen LogP contribution >= 0.6 is 11.6 Å². The van der Waals surface area contributed by atoms with E-state index in [2.05, 4.69) is 76.4 Å². The molecule has 0 amide bonds. The van der Waals surface area contributed by atoms with Crippen LogP contribution < -0.4 is 0 Å². The van der Waals surface area contributed by atoms with Gasteiger partial charge in [-0.2, -0.15) is 0 Å². The summed E-state index contributed by atoms with van der Waals surface area (Å²) in [6.07, 6.45) is 3.40. The quantitative estimate of drug-likeness (QED) is 0.457. The van der Waals surface area contributed by atoms with Crippen molar-refractivity contribution in [2.75, 3.05) is 0 Å². The third-order valence-electron chi connectivity index (χ3n) is 5.91. The molecule has 0 N–H and O–H groups in total. The number of benzene rings is 3. The van der Waals surface area contributed by atoms with Crippen molar-refractivity contribution in [1.82, 2.24) is 14.8 Å². The third-order valence-corrected chi connectivity index (χ3v) is 6.17. The zero-order valence-corrected chi connectivity index (χ0v) is 15.9. The molecule has 0 aliphatic heterocycles. The molecule has 3 aromatic carbocycles. The average molecular weight is 374 g/mol. The van der Waals surface area contributed by atoms with E-state index in [0.717, 1.165) is 35.1 Å². The van der Waals surface area contributed by atoms with E-state index < -0.39 is 0 Å². The van der Waals surface area contributed by atoms with Gasteiger partial charge in [0.15, 0.2) is 5.82 Å². The minimum absolute atomic E-state index is 0.0541. The van der Waals surface area contributed by atoms with Gasteiger partial charge in [-0.3, -0.25) is 0 Å². The number of aromatic nitrogens is 3. The lowest BCUT2D eigenvalue weighted by atomic mass is 9.64. The molecule has 3 nitrogen and oxygen atoms in total. The number of rotatable bonds is 3. The first kappa shape index (κ1) is 16.5. The van der Waals surface area contributed by atoms with Gasteiger partial charge in [0.25, 0.3) is 0 Å². The number of nitrogens with zero attached hydrogens (tertiary/aromatic N) is 3. The summed E-state index contributed by atoms with van der Waals surface area (Å²) in [5.41, 5.74) is 2.32. The molecule has 0 atom stereocenters. The van der Waals surface area contributed by atoms with Gasteiger partial charge in [0.2, 0.25) is 0 Å². The largest absolute Gasteiger partial charge is 0.313 e. The molecule has 5 rings (SSSR count). The molecule has 0 bridgehead atoms. The van der Waals surface area contributed by atoms with Crippen LogP contribution in [0.4, 0.5) is 0 Å². The fourth-order valence-corrected chi connectivity index (χ4v) is 4.39. The smallest absolute Gasteiger partial charge is 0.163 e. The molecule has 27 heavy (non-hydrogen) atoms. The van der Waals surface area contributed by atoms with Crippen molar-refractivity contribution >= 4 is 22.4 Å². The SMILES string of the molecule is Cn1c(-c2ccc3ccccc3c2)nnc1C1(c2ccc(Cl)cc2)CCC1. The van der Waals surface area contributed by atoms with Crippen LogP contribution in [0.1, 0.15) is 30.7 Å². The Bertz CT molecular complexity index is 1120. The molecule has 4 heteroatoms. The van der Waals surface area contributed by atoms with Crippen molar-refractivity contribution in [2.24, 2.45) is 7.05 Å². The third kappa shape index (κ3) is 2.57. The second kappa shape index (κ2) is 6.21. The molecule has 1 aliphatic carbocycles. The lowest BCUT2D eigenvalue weighted by molar-refractivity contribution is 0.278. The molecule has 1 heterocycles. The van der Waals surface area contributed by atoms with Gasteiger partial charge in [-0.25, -0.2) is 0 Å². The molecule has 134 valence electrons. The zero-order valence-electron chi connectivity index (χ0n) is 15.2. The first-order valence-electron chi connectivity index (χ1n) is 9.32. The Kier molecular flexibility index (Phi) is 3.80. The van der Waals surface area contributed by atoms with E-state index in [9.17, 15) is 0 Å². The second-order valence-electron chi connectivity index (χ2n) is 7.41. The van der Waals surface area contributed by atoms with Gasteiger partial charge in [-0.05, 0) is 47.4 Å². The zero-order chi connectivity index (χ0) is 18.4. The number of hydrogen-bond donors (Lipinski definition) is 0. The fourth-order valence-electron chi connectivity index (χ4n) is 4.27. The monoisotopic (exact) mass is 373 g/mol. The van der Waals surface area contributed by atoms with E-state index in [-0.39, 0.29) is 5.41 Å². The molecule has 0 spiro atoms. The molecule has 0 saturated heterocycles. The molecular formula is C23H20ClN3. The lowest BCUT2D eigenvalue weighted by Gasteiger charge is -2.41. The highest BCUT2D eigenvalue weighted by molar-refractivity contribution is 6.30. The highest BCUT2D eigenvalue weighted by Crippen LogP contribution is 2.48. The van der Waals surface area contributed by atoms with Crippen LogP contribution in [-0.2, 0) is 12.5 Å². The van der Waals surface area contributed by atoms with Gasteiger partial charge in [-0.15, -0.1) is 10.2 Å². The maximum Gasteiger partial charge on any atom is 0.163 e. The van der Waals surface area contributed by atoms with Crippen LogP contribution in [0.15, 0.2) is 66.7 Å². The Morgan fingerprint density at radius 3 is 2.33 bits per heavy atom.